The standard InChI is InChI=1S/C20H25N3O2/c1-13-7-14(2)9-16(8-13)22-19(24)11-23-12-20(3,4)25-18-10-15(21)5-6-17(18)23/h5-10H,11-12,21H2,1-4H3,(H,22,24). The van der Waals surface area contributed by atoms with E-state index in [1.165, 1.54) is 0 Å². The highest BCUT2D eigenvalue weighted by molar-refractivity contribution is 5.94. The van der Waals surface area contributed by atoms with Crippen molar-refractivity contribution in [3.05, 3.63) is 47.5 Å². The molecular formula is C20H25N3O2. The van der Waals surface area contributed by atoms with Gasteiger partial charge in [-0.3, -0.25) is 4.79 Å². The van der Waals surface area contributed by atoms with Crippen molar-refractivity contribution in [1.82, 2.24) is 0 Å². The van der Waals surface area contributed by atoms with Gasteiger partial charge in [-0.15, -0.1) is 0 Å². The molecule has 0 atom stereocenters. The maximum absolute atomic E-state index is 12.6. The highest BCUT2D eigenvalue weighted by Crippen LogP contribution is 2.38. The molecule has 0 aliphatic carbocycles. The number of benzene rings is 2. The van der Waals surface area contributed by atoms with Gasteiger partial charge in [-0.05, 0) is 63.1 Å². The molecule has 0 aromatic heterocycles. The molecule has 2 aromatic rings. The number of nitrogens with zero attached hydrogens (tertiary/aromatic N) is 1. The molecule has 132 valence electrons. The minimum absolute atomic E-state index is 0.0505. The van der Waals surface area contributed by atoms with Crippen LogP contribution in [-0.4, -0.2) is 24.6 Å². The number of aryl methyl sites for hydroxylation is 2. The Morgan fingerprint density at radius 3 is 2.56 bits per heavy atom. The van der Waals surface area contributed by atoms with Gasteiger partial charge in [-0.2, -0.15) is 0 Å². The Balaban J connectivity index is 1.79. The summed E-state index contributed by atoms with van der Waals surface area (Å²) in [6.07, 6.45) is 0. The number of carbonyl (C=O) groups is 1. The van der Waals surface area contributed by atoms with Crippen LogP contribution in [0.15, 0.2) is 36.4 Å². The summed E-state index contributed by atoms with van der Waals surface area (Å²) in [7, 11) is 0. The third-order valence-electron chi connectivity index (χ3n) is 4.12. The van der Waals surface area contributed by atoms with E-state index in [0.29, 0.717) is 12.2 Å². The van der Waals surface area contributed by atoms with Crippen molar-refractivity contribution in [3.8, 4) is 5.75 Å². The Labute approximate surface area is 148 Å². The summed E-state index contributed by atoms with van der Waals surface area (Å²) in [5.41, 5.74) is 10.1. The molecule has 3 rings (SSSR count). The molecule has 1 amide bonds. The second-order valence-electron chi connectivity index (χ2n) is 7.37. The SMILES string of the molecule is Cc1cc(C)cc(NC(=O)CN2CC(C)(C)Oc3cc(N)ccc32)c1. The Hall–Kier alpha value is -2.69. The first-order valence-corrected chi connectivity index (χ1v) is 8.43. The van der Waals surface area contributed by atoms with Gasteiger partial charge in [0.25, 0.3) is 0 Å². The number of carbonyl (C=O) groups excluding carboxylic acids is 1. The van der Waals surface area contributed by atoms with Gasteiger partial charge in [0.2, 0.25) is 5.91 Å². The molecule has 0 saturated carbocycles. The zero-order valence-electron chi connectivity index (χ0n) is 15.2. The van der Waals surface area contributed by atoms with Crippen molar-refractivity contribution in [2.75, 3.05) is 29.0 Å². The Bertz CT molecular complexity index is 794. The van der Waals surface area contributed by atoms with E-state index in [2.05, 4.69) is 11.4 Å². The van der Waals surface area contributed by atoms with Crippen LogP contribution in [0.5, 0.6) is 5.75 Å². The average Bonchev–Trinajstić information content (AvgIpc) is 2.43. The van der Waals surface area contributed by atoms with Gasteiger partial charge in [-0.1, -0.05) is 6.07 Å². The van der Waals surface area contributed by atoms with Crippen molar-refractivity contribution in [2.24, 2.45) is 0 Å². The summed E-state index contributed by atoms with van der Waals surface area (Å²) in [5.74, 6) is 0.668. The summed E-state index contributed by atoms with van der Waals surface area (Å²) in [6.45, 7) is 8.95. The summed E-state index contributed by atoms with van der Waals surface area (Å²) in [4.78, 5) is 14.6. The normalized spacial score (nSPS) is 15.3. The van der Waals surface area contributed by atoms with Crippen molar-refractivity contribution in [3.63, 3.8) is 0 Å². The molecule has 0 bridgehead atoms. The van der Waals surface area contributed by atoms with E-state index in [0.717, 1.165) is 28.3 Å². The van der Waals surface area contributed by atoms with Gasteiger partial charge in [0.05, 0.1) is 18.8 Å². The number of nitrogen functional groups attached to an aromatic ring is 1. The predicted molar refractivity (Wildman–Crippen MR) is 102 cm³/mol. The zero-order chi connectivity index (χ0) is 18.2. The van der Waals surface area contributed by atoms with E-state index in [1.54, 1.807) is 0 Å². The van der Waals surface area contributed by atoms with Gasteiger partial charge in [0, 0.05) is 17.4 Å². The average molecular weight is 339 g/mol. The quantitative estimate of drug-likeness (QED) is 0.840. The van der Waals surface area contributed by atoms with Crippen molar-refractivity contribution >= 4 is 23.0 Å². The van der Waals surface area contributed by atoms with Crippen LogP contribution in [0, 0.1) is 13.8 Å². The largest absolute Gasteiger partial charge is 0.484 e. The van der Waals surface area contributed by atoms with Crippen LogP contribution >= 0.6 is 0 Å². The van der Waals surface area contributed by atoms with Gasteiger partial charge in [0.15, 0.2) is 0 Å². The molecule has 0 unspecified atom stereocenters. The molecule has 25 heavy (non-hydrogen) atoms. The fourth-order valence-corrected chi connectivity index (χ4v) is 3.31. The van der Waals surface area contributed by atoms with E-state index < -0.39 is 0 Å². The van der Waals surface area contributed by atoms with Crippen LogP contribution < -0.4 is 20.7 Å². The number of fused-ring (bicyclic) bond motifs is 1. The van der Waals surface area contributed by atoms with Crippen molar-refractivity contribution in [2.45, 2.75) is 33.3 Å². The first-order chi connectivity index (χ1) is 11.7. The summed E-state index contributed by atoms with van der Waals surface area (Å²) >= 11 is 0. The first-order valence-electron chi connectivity index (χ1n) is 8.43. The molecular weight excluding hydrogens is 314 g/mol. The fraction of sp³-hybridized carbons (Fsp3) is 0.350. The van der Waals surface area contributed by atoms with Crippen LogP contribution in [0.2, 0.25) is 0 Å². The number of hydrogen-bond acceptors (Lipinski definition) is 4. The first kappa shape index (κ1) is 17.1. The Morgan fingerprint density at radius 2 is 1.88 bits per heavy atom. The number of rotatable bonds is 3. The number of nitrogens with two attached hydrogens (primary N) is 1. The topological polar surface area (TPSA) is 67.6 Å². The highest BCUT2D eigenvalue weighted by Gasteiger charge is 2.32. The minimum Gasteiger partial charge on any atom is -0.484 e. The number of hydrogen-bond donors (Lipinski definition) is 2. The van der Waals surface area contributed by atoms with Crippen molar-refractivity contribution < 1.29 is 9.53 Å². The van der Waals surface area contributed by atoms with E-state index in [-0.39, 0.29) is 18.1 Å². The molecule has 1 aliphatic rings. The van der Waals surface area contributed by atoms with E-state index in [4.69, 9.17) is 10.5 Å². The van der Waals surface area contributed by atoms with Gasteiger partial charge in [0.1, 0.15) is 11.4 Å². The molecule has 2 aromatic carbocycles. The Morgan fingerprint density at radius 1 is 1.20 bits per heavy atom. The van der Waals surface area contributed by atoms with E-state index >= 15 is 0 Å². The number of ether oxygens (including phenoxy) is 1. The van der Waals surface area contributed by atoms with Crippen LogP contribution in [0.3, 0.4) is 0 Å². The molecule has 3 N–H and O–H groups in total. The van der Waals surface area contributed by atoms with E-state index in [1.807, 2.05) is 62.9 Å². The summed E-state index contributed by atoms with van der Waals surface area (Å²) in [6, 6.07) is 11.6. The minimum atomic E-state index is -0.388. The second-order valence-corrected chi connectivity index (χ2v) is 7.37. The summed E-state index contributed by atoms with van der Waals surface area (Å²) in [5, 5.41) is 2.99. The zero-order valence-corrected chi connectivity index (χ0v) is 15.2. The van der Waals surface area contributed by atoms with Crippen LogP contribution in [0.25, 0.3) is 0 Å². The number of amides is 1. The third-order valence-corrected chi connectivity index (χ3v) is 4.12. The molecule has 5 heteroatoms. The molecule has 5 nitrogen and oxygen atoms in total. The smallest absolute Gasteiger partial charge is 0.243 e. The molecule has 1 heterocycles. The van der Waals surface area contributed by atoms with Gasteiger partial charge < -0.3 is 20.7 Å². The van der Waals surface area contributed by atoms with E-state index in [9.17, 15) is 4.79 Å². The lowest BCUT2D eigenvalue weighted by Crippen LogP contribution is -2.49. The fourth-order valence-electron chi connectivity index (χ4n) is 3.31. The van der Waals surface area contributed by atoms with Crippen molar-refractivity contribution in [1.29, 1.82) is 0 Å². The molecule has 1 aliphatic heterocycles. The molecule has 0 fully saturated rings. The number of nitrogens with one attached hydrogen (secondary N) is 1. The van der Waals surface area contributed by atoms with Crippen LogP contribution in [-0.2, 0) is 4.79 Å². The van der Waals surface area contributed by atoms with Gasteiger partial charge in [-0.25, -0.2) is 0 Å². The monoisotopic (exact) mass is 339 g/mol. The molecule has 0 spiro atoms. The van der Waals surface area contributed by atoms with Crippen LogP contribution in [0.1, 0.15) is 25.0 Å². The maximum Gasteiger partial charge on any atom is 0.243 e. The third kappa shape index (κ3) is 4.05. The Kier molecular flexibility index (Phi) is 4.33. The highest BCUT2D eigenvalue weighted by atomic mass is 16.5. The predicted octanol–water partition coefficient (Wildman–Crippen LogP) is 3.50. The lowest BCUT2D eigenvalue weighted by molar-refractivity contribution is -0.115. The molecule has 0 radical (unpaired) electrons. The summed E-state index contributed by atoms with van der Waals surface area (Å²) < 4.78 is 6.01. The lowest BCUT2D eigenvalue weighted by atomic mass is 10.0. The second kappa shape index (κ2) is 6.31. The number of anilines is 3. The maximum atomic E-state index is 12.6. The van der Waals surface area contributed by atoms with Crippen LogP contribution in [0.4, 0.5) is 17.1 Å². The molecule has 0 saturated heterocycles. The van der Waals surface area contributed by atoms with Gasteiger partial charge >= 0.3 is 0 Å². The lowest BCUT2D eigenvalue weighted by Gasteiger charge is -2.40.